The Morgan fingerprint density at radius 1 is 1.27 bits per heavy atom. The third-order valence-corrected chi connectivity index (χ3v) is 6.19. The van der Waals surface area contributed by atoms with Gasteiger partial charge in [0.1, 0.15) is 0 Å². The molecule has 2 aromatic rings. The van der Waals surface area contributed by atoms with Crippen LogP contribution in [0.1, 0.15) is 48.8 Å². The molecule has 1 atom stereocenters. The number of aryl methyl sites for hydroxylation is 1. The zero-order valence-electron chi connectivity index (χ0n) is 16.5. The maximum Gasteiger partial charge on any atom is 0.0641 e. The van der Waals surface area contributed by atoms with Gasteiger partial charge in [-0.05, 0) is 56.5 Å². The molecular weight excluding hydrogens is 344 g/mol. The summed E-state index contributed by atoms with van der Waals surface area (Å²) in [5, 5.41) is 18.6. The Balaban J connectivity index is 1.67. The lowest BCUT2D eigenvalue weighted by molar-refractivity contribution is 0.0498. The molecule has 1 N–H and O–H groups in total. The molecule has 3 heterocycles. The van der Waals surface area contributed by atoms with Crippen molar-refractivity contribution >= 4 is 11.3 Å². The van der Waals surface area contributed by atoms with E-state index in [1.165, 1.54) is 16.8 Å². The lowest BCUT2D eigenvalue weighted by Crippen LogP contribution is -2.52. The van der Waals surface area contributed by atoms with Crippen molar-refractivity contribution in [3.05, 3.63) is 39.3 Å². The average Bonchev–Trinajstić information content (AvgIpc) is 3.20. The van der Waals surface area contributed by atoms with Crippen LogP contribution in [0.25, 0.3) is 0 Å². The Hall–Kier alpha value is -1.21. The SMILES string of the molecule is Cc1nn(C(C)C)c(C)c1CN1CCN(Cc2ccsc2)[C@H](CCO)C1. The summed E-state index contributed by atoms with van der Waals surface area (Å²) in [5.41, 5.74) is 5.19. The van der Waals surface area contributed by atoms with Gasteiger partial charge in [0.2, 0.25) is 0 Å². The van der Waals surface area contributed by atoms with Gasteiger partial charge in [-0.3, -0.25) is 14.5 Å². The number of piperazine rings is 1. The molecule has 0 saturated carbocycles. The highest BCUT2D eigenvalue weighted by Crippen LogP contribution is 2.23. The fourth-order valence-corrected chi connectivity index (χ4v) is 4.66. The molecular formula is C20H32N4OS. The molecule has 0 aromatic carbocycles. The molecule has 26 heavy (non-hydrogen) atoms. The van der Waals surface area contributed by atoms with Gasteiger partial charge in [-0.1, -0.05) is 0 Å². The van der Waals surface area contributed by atoms with Gasteiger partial charge in [0.15, 0.2) is 0 Å². The molecule has 2 aromatic heterocycles. The van der Waals surface area contributed by atoms with E-state index in [9.17, 15) is 5.11 Å². The molecule has 1 saturated heterocycles. The molecule has 0 spiro atoms. The van der Waals surface area contributed by atoms with E-state index >= 15 is 0 Å². The van der Waals surface area contributed by atoms with Crippen molar-refractivity contribution in [2.45, 2.75) is 59.3 Å². The number of thiophene rings is 1. The first kappa shape index (κ1) is 19.5. The Kier molecular flexibility index (Phi) is 6.51. The predicted molar refractivity (Wildman–Crippen MR) is 108 cm³/mol. The summed E-state index contributed by atoms with van der Waals surface area (Å²) >= 11 is 1.76. The summed E-state index contributed by atoms with van der Waals surface area (Å²) < 4.78 is 2.14. The van der Waals surface area contributed by atoms with Gasteiger partial charge in [0, 0.05) is 62.7 Å². The molecule has 5 nitrogen and oxygen atoms in total. The van der Waals surface area contributed by atoms with Crippen molar-refractivity contribution in [2.24, 2.45) is 0 Å². The van der Waals surface area contributed by atoms with Gasteiger partial charge in [-0.2, -0.15) is 16.4 Å². The second kappa shape index (κ2) is 8.65. The van der Waals surface area contributed by atoms with Crippen molar-refractivity contribution in [3.63, 3.8) is 0 Å². The fourth-order valence-electron chi connectivity index (χ4n) is 4.00. The Morgan fingerprint density at radius 2 is 2.08 bits per heavy atom. The monoisotopic (exact) mass is 376 g/mol. The molecule has 0 unspecified atom stereocenters. The molecule has 1 aliphatic heterocycles. The van der Waals surface area contributed by atoms with Crippen molar-refractivity contribution in [1.29, 1.82) is 0 Å². The number of aliphatic hydroxyl groups is 1. The first-order chi connectivity index (χ1) is 12.5. The van der Waals surface area contributed by atoms with Crippen LogP contribution in [-0.2, 0) is 13.1 Å². The molecule has 3 rings (SSSR count). The first-order valence-corrected chi connectivity index (χ1v) is 10.6. The van der Waals surface area contributed by atoms with Crippen LogP contribution in [0.15, 0.2) is 16.8 Å². The summed E-state index contributed by atoms with van der Waals surface area (Å²) in [4.78, 5) is 5.07. The lowest BCUT2D eigenvalue weighted by Gasteiger charge is -2.41. The number of hydrogen-bond donors (Lipinski definition) is 1. The minimum atomic E-state index is 0.252. The van der Waals surface area contributed by atoms with Gasteiger partial charge >= 0.3 is 0 Å². The second-order valence-electron chi connectivity index (χ2n) is 7.69. The maximum atomic E-state index is 9.53. The largest absolute Gasteiger partial charge is 0.396 e. The highest BCUT2D eigenvalue weighted by atomic mass is 32.1. The Bertz CT molecular complexity index is 695. The third-order valence-electron chi connectivity index (χ3n) is 5.46. The van der Waals surface area contributed by atoms with Crippen LogP contribution < -0.4 is 0 Å². The van der Waals surface area contributed by atoms with Crippen molar-refractivity contribution in [3.8, 4) is 0 Å². The number of hydrogen-bond acceptors (Lipinski definition) is 5. The number of aliphatic hydroxyl groups excluding tert-OH is 1. The van der Waals surface area contributed by atoms with Crippen LogP contribution in [0.5, 0.6) is 0 Å². The molecule has 0 aliphatic carbocycles. The zero-order chi connectivity index (χ0) is 18.7. The lowest BCUT2D eigenvalue weighted by atomic mass is 10.1. The van der Waals surface area contributed by atoms with Gasteiger partial charge in [-0.15, -0.1) is 0 Å². The molecule has 0 bridgehead atoms. The molecule has 0 radical (unpaired) electrons. The van der Waals surface area contributed by atoms with Crippen LogP contribution in [0, 0.1) is 13.8 Å². The summed E-state index contributed by atoms with van der Waals surface area (Å²) in [6, 6.07) is 3.02. The van der Waals surface area contributed by atoms with Gasteiger partial charge in [0.05, 0.1) is 5.69 Å². The molecule has 1 fully saturated rings. The summed E-state index contributed by atoms with van der Waals surface area (Å²) in [5.74, 6) is 0. The Morgan fingerprint density at radius 3 is 2.69 bits per heavy atom. The topological polar surface area (TPSA) is 44.5 Å². The smallest absolute Gasteiger partial charge is 0.0641 e. The van der Waals surface area contributed by atoms with E-state index in [-0.39, 0.29) is 6.61 Å². The minimum Gasteiger partial charge on any atom is -0.396 e. The van der Waals surface area contributed by atoms with Crippen LogP contribution in [0.2, 0.25) is 0 Å². The second-order valence-corrected chi connectivity index (χ2v) is 8.47. The number of aromatic nitrogens is 2. The van der Waals surface area contributed by atoms with Gasteiger partial charge in [0.25, 0.3) is 0 Å². The van der Waals surface area contributed by atoms with Crippen molar-refractivity contribution in [2.75, 3.05) is 26.2 Å². The highest BCUT2D eigenvalue weighted by Gasteiger charge is 2.28. The summed E-state index contributed by atoms with van der Waals surface area (Å²) in [6.07, 6.45) is 0.837. The zero-order valence-corrected chi connectivity index (χ0v) is 17.3. The van der Waals surface area contributed by atoms with E-state index in [2.05, 4.69) is 59.0 Å². The standard InChI is InChI=1S/C20H32N4OS/c1-15(2)24-17(4)20(16(3)21-24)13-22-7-8-23(19(12-22)5-9-25)11-18-6-10-26-14-18/h6,10,14-15,19,25H,5,7-9,11-13H2,1-4H3/t19-/m1/s1. The molecule has 1 aliphatic rings. The van der Waals surface area contributed by atoms with Crippen LogP contribution in [-0.4, -0.2) is 57.0 Å². The summed E-state index contributed by atoms with van der Waals surface area (Å²) in [7, 11) is 0. The normalized spacial score (nSPS) is 19.5. The average molecular weight is 377 g/mol. The Labute approximate surface area is 161 Å². The van der Waals surface area contributed by atoms with Crippen LogP contribution in [0.3, 0.4) is 0 Å². The van der Waals surface area contributed by atoms with Gasteiger partial charge < -0.3 is 5.11 Å². The number of nitrogens with zero attached hydrogens (tertiary/aromatic N) is 4. The number of rotatable bonds is 7. The van der Waals surface area contributed by atoms with Crippen molar-refractivity contribution in [1.82, 2.24) is 19.6 Å². The highest BCUT2D eigenvalue weighted by molar-refractivity contribution is 7.07. The van der Waals surface area contributed by atoms with E-state index in [0.29, 0.717) is 12.1 Å². The third kappa shape index (κ3) is 4.36. The van der Waals surface area contributed by atoms with E-state index in [1.807, 2.05) is 0 Å². The molecule has 0 amide bonds. The maximum absolute atomic E-state index is 9.53. The predicted octanol–water partition coefficient (Wildman–Crippen LogP) is 3.21. The van der Waals surface area contributed by atoms with Gasteiger partial charge in [-0.25, -0.2) is 0 Å². The van der Waals surface area contributed by atoms with Crippen LogP contribution >= 0.6 is 11.3 Å². The first-order valence-electron chi connectivity index (χ1n) is 9.62. The molecule has 144 valence electrons. The van der Waals surface area contributed by atoms with Crippen molar-refractivity contribution < 1.29 is 5.11 Å². The fraction of sp³-hybridized carbons (Fsp3) is 0.650. The van der Waals surface area contributed by atoms with E-state index in [1.54, 1.807) is 11.3 Å². The minimum absolute atomic E-state index is 0.252. The molecule has 6 heteroatoms. The summed E-state index contributed by atoms with van der Waals surface area (Å²) in [6.45, 7) is 14.0. The quantitative estimate of drug-likeness (QED) is 0.806. The van der Waals surface area contributed by atoms with E-state index in [0.717, 1.165) is 44.8 Å². The van der Waals surface area contributed by atoms with Crippen LogP contribution in [0.4, 0.5) is 0 Å². The van der Waals surface area contributed by atoms with E-state index < -0.39 is 0 Å². The van der Waals surface area contributed by atoms with E-state index in [4.69, 9.17) is 5.10 Å².